The Morgan fingerprint density at radius 3 is 2.74 bits per heavy atom. The van der Waals surface area contributed by atoms with E-state index in [9.17, 15) is 14.7 Å². The fourth-order valence-electron chi connectivity index (χ4n) is 1.98. The Balaban J connectivity index is 1.96. The summed E-state index contributed by atoms with van der Waals surface area (Å²) >= 11 is 1.18. The minimum atomic E-state index is -1.15. The molecule has 0 spiro atoms. The van der Waals surface area contributed by atoms with Crippen LogP contribution in [0.15, 0.2) is 36.5 Å². The number of thiophene rings is 1. The number of carbonyl (C=O) groups excluding carboxylic acids is 1. The van der Waals surface area contributed by atoms with Gasteiger partial charge in [-0.1, -0.05) is 0 Å². The standard InChI is InChI=1S/C14H11N5O3S/c1-19-5-9(17-7-19)13(20)18-10-6-23-12(11(10)14(21)22)8-4-15-2-3-16-8/h2-7H,1H3,(H,18,20)(H,21,22). The Morgan fingerprint density at radius 2 is 2.13 bits per heavy atom. The molecule has 9 heteroatoms. The summed E-state index contributed by atoms with van der Waals surface area (Å²) < 4.78 is 1.63. The molecule has 0 aromatic carbocycles. The molecule has 0 aliphatic rings. The van der Waals surface area contributed by atoms with Crippen LogP contribution in [-0.4, -0.2) is 36.5 Å². The van der Waals surface area contributed by atoms with E-state index in [4.69, 9.17) is 0 Å². The van der Waals surface area contributed by atoms with E-state index in [0.717, 1.165) is 0 Å². The first-order valence-electron chi connectivity index (χ1n) is 6.46. The van der Waals surface area contributed by atoms with Crippen molar-refractivity contribution in [2.24, 2.45) is 7.05 Å². The van der Waals surface area contributed by atoms with Crippen molar-refractivity contribution in [1.29, 1.82) is 0 Å². The first-order chi connectivity index (χ1) is 11.1. The summed E-state index contributed by atoms with van der Waals surface area (Å²) in [6, 6.07) is 0. The van der Waals surface area contributed by atoms with Gasteiger partial charge in [0.25, 0.3) is 5.91 Å². The van der Waals surface area contributed by atoms with E-state index in [1.54, 1.807) is 23.2 Å². The van der Waals surface area contributed by atoms with Crippen LogP contribution in [0.25, 0.3) is 10.6 Å². The topological polar surface area (TPSA) is 110 Å². The number of anilines is 1. The van der Waals surface area contributed by atoms with Crippen molar-refractivity contribution in [3.05, 3.63) is 47.8 Å². The van der Waals surface area contributed by atoms with E-state index in [1.807, 2.05) is 0 Å². The van der Waals surface area contributed by atoms with E-state index >= 15 is 0 Å². The Kier molecular flexibility index (Phi) is 3.85. The van der Waals surface area contributed by atoms with Gasteiger partial charge in [0.1, 0.15) is 11.3 Å². The zero-order valence-electron chi connectivity index (χ0n) is 11.9. The third kappa shape index (κ3) is 2.94. The van der Waals surface area contributed by atoms with Crippen molar-refractivity contribution >= 4 is 28.9 Å². The Hall–Kier alpha value is -3.07. The van der Waals surface area contributed by atoms with Gasteiger partial charge in [0.15, 0.2) is 0 Å². The van der Waals surface area contributed by atoms with Gasteiger partial charge in [-0.2, -0.15) is 0 Å². The lowest BCUT2D eigenvalue weighted by molar-refractivity contribution is 0.0699. The minimum absolute atomic E-state index is 0.0141. The average molecular weight is 329 g/mol. The lowest BCUT2D eigenvalue weighted by atomic mass is 10.2. The number of carbonyl (C=O) groups is 2. The first kappa shape index (κ1) is 14.9. The second-order valence-corrected chi connectivity index (χ2v) is 5.51. The number of carboxylic acid groups (broad SMARTS) is 1. The zero-order chi connectivity index (χ0) is 16.4. The van der Waals surface area contributed by atoms with Gasteiger partial charge in [-0.25, -0.2) is 9.78 Å². The summed E-state index contributed by atoms with van der Waals surface area (Å²) in [6.07, 6.45) is 7.49. The van der Waals surface area contributed by atoms with Crippen molar-refractivity contribution in [2.75, 3.05) is 5.32 Å². The lowest BCUT2D eigenvalue weighted by Gasteiger charge is -2.04. The quantitative estimate of drug-likeness (QED) is 0.756. The van der Waals surface area contributed by atoms with Crippen LogP contribution in [-0.2, 0) is 7.05 Å². The van der Waals surface area contributed by atoms with E-state index < -0.39 is 11.9 Å². The molecule has 0 bridgehead atoms. The van der Waals surface area contributed by atoms with E-state index in [2.05, 4.69) is 20.3 Å². The van der Waals surface area contributed by atoms with Crippen LogP contribution in [0.3, 0.4) is 0 Å². The van der Waals surface area contributed by atoms with Gasteiger partial charge in [-0.3, -0.25) is 14.8 Å². The molecule has 0 unspecified atom stereocenters. The highest BCUT2D eigenvalue weighted by molar-refractivity contribution is 7.14. The van der Waals surface area contributed by atoms with Crippen LogP contribution in [0.1, 0.15) is 20.8 Å². The summed E-state index contributed by atoms with van der Waals surface area (Å²) in [5.41, 5.74) is 0.836. The molecule has 23 heavy (non-hydrogen) atoms. The van der Waals surface area contributed by atoms with Crippen LogP contribution in [0.4, 0.5) is 5.69 Å². The summed E-state index contributed by atoms with van der Waals surface area (Å²) in [5.74, 6) is -1.63. The molecular formula is C14H11N5O3S. The molecule has 3 aromatic rings. The van der Waals surface area contributed by atoms with Crippen LogP contribution in [0.5, 0.6) is 0 Å². The SMILES string of the molecule is Cn1cnc(C(=O)Nc2csc(-c3cnccn3)c2C(=O)O)c1. The van der Waals surface area contributed by atoms with Crippen molar-refractivity contribution in [3.8, 4) is 10.6 Å². The maximum absolute atomic E-state index is 12.1. The average Bonchev–Trinajstić information content (AvgIpc) is 3.14. The van der Waals surface area contributed by atoms with Crippen LogP contribution < -0.4 is 5.32 Å². The number of rotatable bonds is 4. The fraction of sp³-hybridized carbons (Fsp3) is 0.0714. The van der Waals surface area contributed by atoms with Crippen LogP contribution in [0.2, 0.25) is 0 Å². The molecule has 3 aromatic heterocycles. The molecule has 116 valence electrons. The van der Waals surface area contributed by atoms with E-state index in [1.165, 1.54) is 36.3 Å². The number of carboxylic acids is 1. The second-order valence-electron chi connectivity index (χ2n) is 4.63. The predicted octanol–water partition coefficient (Wildman–Crippen LogP) is 1.89. The van der Waals surface area contributed by atoms with E-state index in [0.29, 0.717) is 10.6 Å². The number of nitrogens with one attached hydrogen (secondary N) is 1. The molecule has 0 aliphatic carbocycles. The van der Waals surface area contributed by atoms with E-state index in [-0.39, 0.29) is 16.9 Å². The first-order valence-corrected chi connectivity index (χ1v) is 7.34. The molecule has 0 atom stereocenters. The molecule has 8 nitrogen and oxygen atoms in total. The predicted molar refractivity (Wildman–Crippen MR) is 83.5 cm³/mol. The monoisotopic (exact) mass is 329 g/mol. The van der Waals surface area contributed by atoms with Gasteiger partial charge in [0, 0.05) is 31.0 Å². The second kappa shape index (κ2) is 5.97. The number of aromatic nitrogens is 4. The largest absolute Gasteiger partial charge is 0.478 e. The molecule has 2 N–H and O–H groups in total. The Labute approximate surface area is 134 Å². The highest BCUT2D eigenvalue weighted by atomic mass is 32.1. The van der Waals surface area contributed by atoms with Gasteiger partial charge in [-0.05, 0) is 0 Å². The molecule has 3 heterocycles. The normalized spacial score (nSPS) is 10.5. The van der Waals surface area contributed by atoms with Crippen molar-refractivity contribution in [2.45, 2.75) is 0 Å². The smallest absolute Gasteiger partial charge is 0.339 e. The summed E-state index contributed by atoms with van der Waals surface area (Å²) in [5, 5.41) is 13.6. The van der Waals surface area contributed by atoms with Gasteiger partial charge < -0.3 is 15.0 Å². The zero-order valence-corrected chi connectivity index (χ0v) is 12.7. The Bertz CT molecular complexity index is 872. The summed E-state index contributed by atoms with van der Waals surface area (Å²) in [4.78, 5) is 36.1. The highest BCUT2D eigenvalue weighted by Crippen LogP contribution is 2.34. The highest BCUT2D eigenvalue weighted by Gasteiger charge is 2.22. The number of aryl methyl sites for hydroxylation is 1. The number of nitrogens with zero attached hydrogens (tertiary/aromatic N) is 4. The van der Waals surface area contributed by atoms with Gasteiger partial charge in [0.2, 0.25) is 0 Å². The molecule has 3 rings (SSSR count). The minimum Gasteiger partial charge on any atom is -0.478 e. The molecule has 0 fully saturated rings. The number of amides is 1. The van der Waals surface area contributed by atoms with Crippen molar-refractivity contribution in [3.63, 3.8) is 0 Å². The van der Waals surface area contributed by atoms with Crippen LogP contribution >= 0.6 is 11.3 Å². The maximum Gasteiger partial charge on any atom is 0.339 e. The fourth-order valence-corrected chi connectivity index (χ4v) is 2.94. The molecule has 1 amide bonds. The molecule has 0 saturated carbocycles. The number of imidazole rings is 1. The summed E-state index contributed by atoms with van der Waals surface area (Å²) in [7, 11) is 1.74. The van der Waals surface area contributed by atoms with Crippen LogP contribution in [0, 0.1) is 0 Å². The third-order valence-corrected chi connectivity index (χ3v) is 3.99. The lowest BCUT2D eigenvalue weighted by Crippen LogP contribution is -2.14. The molecule has 0 aliphatic heterocycles. The van der Waals surface area contributed by atoms with Gasteiger partial charge in [0.05, 0.1) is 28.8 Å². The maximum atomic E-state index is 12.1. The number of hydrogen-bond acceptors (Lipinski definition) is 6. The van der Waals surface area contributed by atoms with Gasteiger partial charge in [-0.15, -0.1) is 11.3 Å². The number of aromatic carboxylic acids is 1. The molecule has 0 saturated heterocycles. The Morgan fingerprint density at radius 1 is 1.30 bits per heavy atom. The summed E-state index contributed by atoms with van der Waals surface area (Å²) in [6.45, 7) is 0. The number of hydrogen-bond donors (Lipinski definition) is 2. The van der Waals surface area contributed by atoms with Gasteiger partial charge >= 0.3 is 5.97 Å². The molecule has 0 radical (unpaired) electrons. The van der Waals surface area contributed by atoms with Crippen molar-refractivity contribution in [1.82, 2.24) is 19.5 Å². The third-order valence-electron chi connectivity index (χ3n) is 2.99. The molecular weight excluding hydrogens is 318 g/mol. The van der Waals surface area contributed by atoms with Crippen molar-refractivity contribution < 1.29 is 14.7 Å².